The second-order valence-electron chi connectivity index (χ2n) is 3.04. The Kier molecular flexibility index (Phi) is 2.37. The van der Waals surface area contributed by atoms with Crippen molar-refractivity contribution in [3.05, 3.63) is 39.7 Å². The van der Waals surface area contributed by atoms with Crippen molar-refractivity contribution in [3.63, 3.8) is 0 Å². The van der Waals surface area contributed by atoms with Crippen LogP contribution in [0.4, 0.5) is 4.39 Å². The van der Waals surface area contributed by atoms with Crippen LogP contribution in [0, 0.1) is 5.82 Å². The number of carbonyl (C=O) groups is 1. The SMILES string of the molecule is O=CN1Cc2cc(F)ccc2C=C1Br. The van der Waals surface area contributed by atoms with Gasteiger partial charge in [0.05, 0.1) is 11.2 Å². The summed E-state index contributed by atoms with van der Waals surface area (Å²) in [5, 5.41) is 0. The number of fused-ring (bicyclic) bond motifs is 1. The maximum absolute atomic E-state index is 12.9. The smallest absolute Gasteiger partial charge is 0.214 e. The second-order valence-corrected chi connectivity index (χ2v) is 3.86. The van der Waals surface area contributed by atoms with Crippen molar-refractivity contribution in [2.45, 2.75) is 6.54 Å². The van der Waals surface area contributed by atoms with E-state index in [9.17, 15) is 9.18 Å². The van der Waals surface area contributed by atoms with Crippen molar-refractivity contribution in [1.82, 2.24) is 4.90 Å². The predicted molar refractivity (Wildman–Crippen MR) is 54.9 cm³/mol. The molecule has 0 atom stereocenters. The molecule has 72 valence electrons. The molecule has 14 heavy (non-hydrogen) atoms. The fourth-order valence-electron chi connectivity index (χ4n) is 1.41. The number of rotatable bonds is 1. The number of nitrogens with zero attached hydrogens (tertiary/aromatic N) is 1. The topological polar surface area (TPSA) is 20.3 Å². The van der Waals surface area contributed by atoms with Gasteiger partial charge >= 0.3 is 0 Å². The van der Waals surface area contributed by atoms with E-state index in [1.807, 2.05) is 0 Å². The van der Waals surface area contributed by atoms with Gasteiger partial charge in [-0.1, -0.05) is 6.07 Å². The van der Waals surface area contributed by atoms with Crippen LogP contribution >= 0.6 is 15.9 Å². The fraction of sp³-hybridized carbons (Fsp3) is 0.100. The molecule has 0 spiro atoms. The number of halogens is 2. The molecular formula is C10H7BrFNO. The number of amides is 1. The lowest BCUT2D eigenvalue weighted by molar-refractivity contribution is -0.116. The Balaban J connectivity index is 2.48. The highest BCUT2D eigenvalue weighted by molar-refractivity contribution is 9.11. The van der Waals surface area contributed by atoms with Crippen molar-refractivity contribution >= 4 is 28.4 Å². The molecule has 0 bridgehead atoms. The van der Waals surface area contributed by atoms with Crippen LogP contribution in [-0.4, -0.2) is 11.3 Å². The fourth-order valence-corrected chi connectivity index (χ4v) is 1.87. The number of benzene rings is 1. The van der Waals surface area contributed by atoms with E-state index in [4.69, 9.17) is 0 Å². The van der Waals surface area contributed by atoms with Crippen LogP contribution in [0.2, 0.25) is 0 Å². The summed E-state index contributed by atoms with van der Waals surface area (Å²) >= 11 is 3.27. The minimum absolute atomic E-state index is 0.277. The first-order valence-corrected chi connectivity index (χ1v) is 4.87. The van der Waals surface area contributed by atoms with Crippen LogP contribution in [0.5, 0.6) is 0 Å². The highest BCUT2D eigenvalue weighted by Crippen LogP contribution is 2.27. The molecule has 0 N–H and O–H groups in total. The third-order valence-electron chi connectivity index (χ3n) is 2.12. The van der Waals surface area contributed by atoms with E-state index in [1.54, 1.807) is 12.1 Å². The second kappa shape index (κ2) is 3.53. The summed E-state index contributed by atoms with van der Waals surface area (Å²) in [6, 6.07) is 4.56. The summed E-state index contributed by atoms with van der Waals surface area (Å²) in [4.78, 5) is 12.1. The Bertz CT molecular complexity index is 417. The zero-order valence-corrected chi connectivity index (χ0v) is 8.79. The normalized spacial score (nSPS) is 14.7. The highest BCUT2D eigenvalue weighted by Gasteiger charge is 2.15. The summed E-state index contributed by atoms with van der Waals surface area (Å²) < 4.78 is 13.6. The average Bonchev–Trinajstić information content (AvgIpc) is 2.17. The van der Waals surface area contributed by atoms with Crippen LogP contribution in [0.3, 0.4) is 0 Å². The van der Waals surface area contributed by atoms with E-state index in [0.29, 0.717) is 17.6 Å². The van der Waals surface area contributed by atoms with E-state index in [0.717, 1.165) is 11.1 Å². The van der Waals surface area contributed by atoms with E-state index in [-0.39, 0.29) is 5.82 Å². The molecule has 0 aromatic heterocycles. The summed E-state index contributed by atoms with van der Waals surface area (Å²) in [5.74, 6) is -0.277. The largest absolute Gasteiger partial charge is 0.304 e. The van der Waals surface area contributed by atoms with Crippen LogP contribution in [0.1, 0.15) is 11.1 Å². The number of hydrogen-bond donors (Lipinski definition) is 0. The van der Waals surface area contributed by atoms with Gasteiger partial charge in [-0.15, -0.1) is 0 Å². The Morgan fingerprint density at radius 3 is 3.00 bits per heavy atom. The van der Waals surface area contributed by atoms with Gasteiger partial charge in [0.2, 0.25) is 6.41 Å². The van der Waals surface area contributed by atoms with Gasteiger partial charge in [0, 0.05) is 0 Å². The van der Waals surface area contributed by atoms with Crippen LogP contribution in [-0.2, 0) is 11.3 Å². The maximum Gasteiger partial charge on any atom is 0.214 e. The quantitative estimate of drug-likeness (QED) is 0.558. The monoisotopic (exact) mass is 255 g/mol. The van der Waals surface area contributed by atoms with Gasteiger partial charge in [0.25, 0.3) is 0 Å². The van der Waals surface area contributed by atoms with Crippen LogP contribution in [0.15, 0.2) is 22.8 Å². The minimum Gasteiger partial charge on any atom is -0.304 e. The standard InChI is InChI=1S/C10H7BrFNO/c11-10-4-7-1-2-9(12)3-8(7)5-13(10)6-14/h1-4,6H,5H2. The van der Waals surface area contributed by atoms with Gasteiger partial charge in [0.1, 0.15) is 5.82 Å². The molecule has 2 nitrogen and oxygen atoms in total. The van der Waals surface area contributed by atoms with Gasteiger partial charge in [-0.05, 0) is 45.3 Å². The van der Waals surface area contributed by atoms with Gasteiger partial charge in [-0.3, -0.25) is 4.79 Å². The minimum atomic E-state index is -0.277. The molecule has 2 rings (SSSR count). The first kappa shape index (κ1) is 9.40. The summed E-state index contributed by atoms with van der Waals surface area (Å²) in [7, 11) is 0. The molecule has 1 aliphatic rings. The van der Waals surface area contributed by atoms with E-state index < -0.39 is 0 Å². The third kappa shape index (κ3) is 1.57. The van der Waals surface area contributed by atoms with Gasteiger partial charge in [-0.25, -0.2) is 4.39 Å². The van der Waals surface area contributed by atoms with Crippen LogP contribution < -0.4 is 0 Å². The zero-order chi connectivity index (χ0) is 10.1. The molecule has 1 heterocycles. The van der Waals surface area contributed by atoms with Crippen molar-refractivity contribution < 1.29 is 9.18 Å². The highest BCUT2D eigenvalue weighted by atomic mass is 79.9. The molecular weight excluding hydrogens is 249 g/mol. The third-order valence-corrected chi connectivity index (χ3v) is 2.81. The Hall–Kier alpha value is -1.16. The molecule has 1 aliphatic heterocycles. The molecule has 1 amide bonds. The van der Waals surface area contributed by atoms with Crippen molar-refractivity contribution in [1.29, 1.82) is 0 Å². The van der Waals surface area contributed by atoms with E-state index in [2.05, 4.69) is 15.9 Å². The van der Waals surface area contributed by atoms with Gasteiger partial charge in [0.15, 0.2) is 0 Å². The average molecular weight is 256 g/mol. The maximum atomic E-state index is 12.9. The first-order chi connectivity index (χ1) is 6.70. The molecule has 0 unspecified atom stereocenters. The molecule has 0 saturated heterocycles. The van der Waals surface area contributed by atoms with Crippen molar-refractivity contribution in [2.75, 3.05) is 0 Å². The number of hydrogen-bond acceptors (Lipinski definition) is 1. The van der Waals surface area contributed by atoms with Crippen molar-refractivity contribution in [3.8, 4) is 0 Å². The summed E-state index contributed by atoms with van der Waals surface area (Å²) in [5.41, 5.74) is 1.76. The van der Waals surface area contributed by atoms with Gasteiger partial charge in [-0.2, -0.15) is 0 Å². The summed E-state index contributed by atoms with van der Waals surface area (Å²) in [6.07, 6.45) is 2.51. The van der Waals surface area contributed by atoms with E-state index in [1.165, 1.54) is 17.0 Å². The Morgan fingerprint density at radius 1 is 1.50 bits per heavy atom. The Morgan fingerprint density at radius 2 is 2.29 bits per heavy atom. The molecule has 0 fully saturated rings. The van der Waals surface area contributed by atoms with Crippen molar-refractivity contribution in [2.24, 2.45) is 0 Å². The lowest BCUT2D eigenvalue weighted by Gasteiger charge is -2.22. The first-order valence-electron chi connectivity index (χ1n) is 4.08. The summed E-state index contributed by atoms with van der Waals surface area (Å²) in [6.45, 7) is 0.410. The van der Waals surface area contributed by atoms with E-state index >= 15 is 0 Å². The molecule has 0 radical (unpaired) electrons. The molecule has 1 aromatic rings. The lowest BCUT2D eigenvalue weighted by Crippen LogP contribution is -2.21. The molecule has 1 aromatic carbocycles. The Labute approximate surface area is 89.2 Å². The molecule has 4 heteroatoms. The van der Waals surface area contributed by atoms with Crippen LogP contribution in [0.25, 0.3) is 6.08 Å². The molecule has 0 saturated carbocycles. The predicted octanol–water partition coefficient (Wildman–Crippen LogP) is 2.49. The zero-order valence-electron chi connectivity index (χ0n) is 7.21. The lowest BCUT2D eigenvalue weighted by atomic mass is 10.0. The number of carbonyl (C=O) groups excluding carboxylic acids is 1. The molecule has 0 aliphatic carbocycles. The van der Waals surface area contributed by atoms with Gasteiger partial charge < -0.3 is 4.90 Å².